The third-order valence-electron chi connectivity index (χ3n) is 2.67. The maximum atomic E-state index is 12.2. The fraction of sp³-hybridized carbons (Fsp3) is 0.800. The predicted octanol–water partition coefficient (Wildman–Crippen LogP) is 0.855. The number of rotatable bonds is 3. The molecule has 0 bridgehead atoms. The molecule has 1 unspecified atom stereocenters. The van der Waals surface area contributed by atoms with E-state index in [9.17, 15) is 4.21 Å². The van der Waals surface area contributed by atoms with Gasteiger partial charge in [-0.3, -0.25) is 0 Å². The van der Waals surface area contributed by atoms with Crippen molar-refractivity contribution in [2.75, 3.05) is 13.2 Å². The lowest BCUT2D eigenvalue weighted by Crippen LogP contribution is -2.60. The summed E-state index contributed by atoms with van der Waals surface area (Å²) in [6, 6.07) is 0. The molecule has 0 spiro atoms. The van der Waals surface area contributed by atoms with Crippen molar-refractivity contribution in [1.82, 2.24) is 19.7 Å². The zero-order chi connectivity index (χ0) is 13.6. The molecule has 0 amide bonds. The second-order valence-corrected chi connectivity index (χ2v) is 8.10. The number of hydrogen-bond donors (Lipinski definition) is 1. The van der Waals surface area contributed by atoms with Crippen molar-refractivity contribution in [3.8, 4) is 0 Å². The summed E-state index contributed by atoms with van der Waals surface area (Å²) in [5.74, 6) is 0. The van der Waals surface area contributed by atoms with Gasteiger partial charge in [-0.05, 0) is 36.7 Å². The minimum absolute atomic E-state index is 0.336. The van der Waals surface area contributed by atoms with E-state index in [1.165, 1.54) is 4.80 Å². The first-order chi connectivity index (χ1) is 8.24. The summed E-state index contributed by atoms with van der Waals surface area (Å²) >= 11 is 3.38. The Bertz CT molecular complexity index is 479. The van der Waals surface area contributed by atoms with Gasteiger partial charge in [-0.15, -0.1) is 5.10 Å². The van der Waals surface area contributed by atoms with Crippen LogP contribution in [-0.2, 0) is 28.3 Å². The van der Waals surface area contributed by atoms with Gasteiger partial charge in [-0.2, -0.15) is 9.90 Å². The van der Waals surface area contributed by atoms with Gasteiger partial charge in [0.1, 0.15) is 11.2 Å². The average molecular weight is 337 g/mol. The van der Waals surface area contributed by atoms with Crippen LogP contribution >= 0.6 is 15.9 Å². The van der Waals surface area contributed by atoms with Crippen LogP contribution in [0.3, 0.4) is 0 Å². The van der Waals surface area contributed by atoms with Crippen molar-refractivity contribution in [3.05, 3.63) is 10.3 Å². The molecule has 0 radical (unpaired) electrons. The standard InChI is InChI=1S/C10H17BrN4O2S/c1-9(2,3)18(16)14-10(5-17-6-10)7-8(11)13-15(4)12-7/h14H,5-6H2,1-4H3. The Morgan fingerprint density at radius 1 is 1.44 bits per heavy atom. The smallest absolute Gasteiger partial charge is 0.153 e. The number of halogens is 1. The van der Waals surface area contributed by atoms with Crippen molar-refractivity contribution in [2.24, 2.45) is 7.05 Å². The van der Waals surface area contributed by atoms with Crippen LogP contribution in [0.1, 0.15) is 26.5 Å². The first kappa shape index (κ1) is 14.1. The lowest BCUT2D eigenvalue weighted by atomic mass is 9.95. The molecule has 1 fully saturated rings. The van der Waals surface area contributed by atoms with E-state index in [1.807, 2.05) is 20.8 Å². The molecule has 8 heteroatoms. The van der Waals surface area contributed by atoms with E-state index in [2.05, 4.69) is 30.8 Å². The van der Waals surface area contributed by atoms with Crippen LogP contribution in [-0.4, -0.2) is 37.2 Å². The second kappa shape index (κ2) is 4.66. The van der Waals surface area contributed by atoms with E-state index in [1.54, 1.807) is 7.05 Å². The van der Waals surface area contributed by atoms with Crippen LogP contribution in [0.2, 0.25) is 0 Å². The maximum Gasteiger partial charge on any atom is 0.153 e. The van der Waals surface area contributed by atoms with E-state index in [0.29, 0.717) is 17.8 Å². The van der Waals surface area contributed by atoms with Gasteiger partial charge in [0.25, 0.3) is 0 Å². The Hall–Kier alpha value is -0.310. The van der Waals surface area contributed by atoms with Gasteiger partial charge in [-0.25, -0.2) is 8.93 Å². The Kier molecular flexibility index (Phi) is 3.65. The highest BCUT2D eigenvalue weighted by Gasteiger charge is 2.47. The molecule has 1 N–H and O–H groups in total. The summed E-state index contributed by atoms with van der Waals surface area (Å²) in [6.07, 6.45) is 0. The molecule has 2 rings (SSSR count). The molecule has 1 aliphatic rings. The van der Waals surface area contributed by atoms with Crippen molar-refractivity contribution in [1.29, 1.82) is 0 Å². The zero-order valence-electron chi connectivity index (χ0n) is 10.9. The minimum Gasteiger partial charge on any atom is -0.377 e. The van der Waals surface area contributed by atoms with Gasteiger partial charge in [0.05, 0.1) is 28.9 Å². The third-order valence-corrected chi connectivity index (χ3v) is 4.89. The molecular weight excluding hydrogens is 320 g/mol. The van der Waals surface area contributed by atoms with E-state index in [4.69, 9.17) is 4.74 Å². The fourth-order valence-electron chi connectivity index (χ4n) is 1.56. The summed E-state index contributed by atoms with van der Waals surface area (Å²) in [7, 11) is 0.569. The third kappa shape index (κ3) is 2.52. The SMILES string of the molecule is Cn1nc(Br)c(C2(NS(=O)C(C)(C)C)COC2)n1. The molecule has 102 valence electrons. The Morgan fingerprint density at radius 3 is 2.39 bits per heavy atom. The molecule has 6 nitrogen and oxygen atoms in total. The molecule has 1 aliphatic heterocycles. The van der Waals surface area contributed by atoms with Gasteiger partial charge in [-0.1, -0.05) is 0 Å². The first-order valence-electron chi connectivity index (χ1n) is 5.59. The number of aromatic nitrogens is 3. The van der Waals surface area contributed by atoms with E-state index in [0.717, 1.165) is 5.69 Å². The molecule has 18 heavy (non-hydrogen) atoms. The molecule has 1 saturated heterocycles. The lowest BCUT2D eigenvalue weighted by Gasteiger charge is -2.41. The van der Waals surface area contributed by atoms with Gasteiger partial charge >= 0.3 is 0 Å². The van der Waals surface area contributed by atoms with Crippen LogP contribution in [0.25, 0.3) is 0 Å². The first-order valence-corrected chi connectivity index (χ1v) is 7.54. The molecule has 1 atom stereocenters. The largest absolute Gasteiger partial charge is 0.377 e. The van der Waals surface area contributed by atoms with Gasteiger partial charge in [0.2, 0.25) is 0 Å². The highest BCUT2D eigenvalue weighted by Crippen LogP contribution is 2.33. The zero-order valence-corrected chi connectivity index (χ0v) is 13.3. The van der Waals surface area contributed by atoms with Crippen molar-refractivity contribution in [3.63, 3.8) is 0 Å². The van der Waals surface area contributed by atoms with Gasteiger partial charge in [0.15, 0.2) is 4.60 Å². The topological polar surface area (TPSA) is 69.0 Å². The molecule has 1 aromatic rings. The number of nitrogens with zero attached hydrogens (tertiary/aromatic N) is 3. The quantitative estimate of drug-likeness (QED) is 0.888. The molecular formula is C10H17BrN4O2S. The molecule has 0 aromatic carbocycles. The minimum atomic E-state index is -1.18. The Labute approximate surface area is 117 Å². The van der Waals surface area contributed by atoms with Crippen molar-refractivity contribution < 1.29 is 8.95 Å². The summed E-state index contributed by atoms with van der Waals surface area (Å²) in [5.41, 5.74) is 0.236. The number of nitrogens with one attached hydrogen (secondary N) is 1. The summed E-state index contributed by atoms with van der Waals surface area (Å²) < 4.78 is 21.0. The number of ether oxygens (including phenoxy) is 1. The number of hydrogen-bond acceptors (Lipinski definition) is 4. The van der Waals surface area contributed by atoms with Crippen LogP contribution in [0, 0.1) is 0 Å². The van der Waals surface area contributed by atoms with Crippen molar-refractivity contribution in [2.45, 2.75) is 31.1 Å². The molecule has 0 saturated carbocycles. The van der Waals surface area contributed by atoms with Crippen molar-refractivity contribution >= 4 is 26.9 Å². The van der Waals surface area contributed by atoms with E-state index < -0.39 is 16.5 Å². The van der Waals surface area contributed by atoms with Crippen LogP contribution in [0.4, 0.5) is 0 Å². The highest BCUT2D eigenvalue weighted by atomic mass is 79.9. The summed E-state index contributed by atoms with van der Waals surface area (Å²) in [6.45, 7) is 6.68. The molecule has 1 aromatic heterocycles. The normalized spacial score (nSPS) is 20.5. The van der Waals surface area contributed by atoms with E-state index in [-0.39, 0.29) is 4.75 Å². The van der Waals surface area contributed by atoms with Crippen LogP contribution in [0.15, 0.2) is 4.60 Å². The van der Waals surface area contributed by atoms with Crippen LogP contribution < -0.4 is 4.72 Å². The summed E-state index contributed by atoms with van der Waals surface area (Å²) in [5, 5.41) is 8.48. The highest BCUT2D eigenvalue weighted by molar-refractivity contribution is 9.10. The Morgan fingerprint density at radius 2 is 2.06 bits per heavy atom. The van der Waals surface area contributed by atoms with E-state index >= 15 is 0 Å². The predicted molar refractivity (Wildman–Crippen MR) is 72.2 cm³/mol. The fourth-order valence-corrected chi connectivity index (χ4v) is 3.12. The molecule has 0 aliphatic carbocycles. The summed E-state index contributed by atoms with van der Waals surface area (Å²) in [4.78, 5) is 1.49. The maximum absolute atomic E-state index is 12.2. The molecule has 2 heterocycles. The van der Waals surface area contributed by atoms with Crippen LogP contribution in [0.5, 0.6) is 0 Å². The average Bonchev–Trinajstić information content (AvgIpc) is 2.50. The lowest BCUT2D eigenvalue weighted by molar-refractivity contribution is -0.0686. The van der Waals surface area contributed by atoms with Gasteiger partial charge < -0.3 is 4.74 Å². The Balaban J connectivity index is 2.27. The van der Waals surface area contributed by atoms with Gasteiger partial charge in [0, 0.05) is 7.05 Å². The second-order valence-electron chi connectivity index (χ2n) is 5.39. The number of aryl methyl sites for hydroxylation is 1. The monoisotopic (exact) mass is 336 g/mol.